The van der Waals surface area contributed by atoms with Gasteiger partial charge < -0.3 is 10.0 Å². The number of carbonyl (C=O) groups excluding carboxylic acids is 1. The fraction of sp³-hybridized carbons (Fsp3) is 0.217. The van der Waals surface area contributed by atoms with Crippen LogP contribution in [0.1, 0.15) is 28.2 Å². The molecule has 0 saturated carbocycles. The number of aliphatic hydroxyl groups is 1. The minimum atomic E-state index is -3.91. The van der Waals surface area contributed by atoms with Crippen molar-refractivity contribution in [2.75, 3.05) is 17.8 Å². The number of piperidine rings is 1. The second-order valence-electron chi connectivity index (χ2n) is 8.19. The Labute approximate surface area is 210 Å². The highest BCUT2D eigenvalue weighted by Gasteiger charge is 2.38. The van der Waals surface area contributed by atoms with Gasteiger partial charge in [-0.25, -0.2) is 23.4 Å². The molecule has 0 spiro atoms. The smallest absolute Gasteiger partial charge is 0.264 e. The summed E-state index contributed by atoms with van der Waals surface area (Å²) < 4.78 is 29.0. The Kier molecular flexibility index (Phi) is 6.18. The Balaban J connectivity index is 1.27. The van der Waals surface area contributed by atoms with Crippen molar-refractivity contribution < 1.29 is 18.3 Å². The van der Waals surface area contributed by atoms with Crippen molar-refractivity contribution in [1.29, 1.82) is 0 Å². The average Bonchev–Trinajstić information content (AvgIpc) is 3.31. The second kappa shape index (κ2) is 9.15. The normalized spacial score (nSPS) is 15.8. The van der Waals surface area contributed by atoms with Crippen LogP contribution in [0.5, 0.6) is 0 Å². The van der Waals surface area contributed by atoms with Gasteiger partial charge in [0.1, 0.15) is 26.2 Å². The first-order valence-corrected chi connectivity index (χ1v) is 13.4. The fourth-order valence-corrected chi connectivity index (χ4v) is 6.34. The van der Waals surface area contributed by atoms with Gasteiger partial charge in [0.05, 0.1) is 11.7 Å². The van der Waals surface area contributed by atoms with E-state index in [1.165, 1.54) is 29.9 Å². The summed E-state index contributed by atoms with van der Waals surface area (Å²) in [5.74, 6) is -0.190. The summed E-state index contributed by atoms with van der Waals surface area (Å²) in [5.41, 5.74) is -0.0229. The molecule has 1 amide bonds. The lowest BCUT2D eigenvalue weighted by Crippen LogP contribution is -2.45. The van der Waals surface area contributed by atoms with Crippen LogP contribution in [0.15, 0.2) is 66.1 Å². The lowest BCUT2D eigenvalue weighted by Gasteiger charge is -2.37. The molecule has 1 aliphatic rings. The molecule has 0 radical (unpaired) electrons. The van der Waals surface area contributed by atoms with E-state index in [2.05, 4.69) is 19.7 Å². The average molecular weight is 530 g/mol. The zero-order valence-electron chi connectivity index (χ0n) is 18.3. The molecule has 0 bridgehead atoms. The number of amides is 1. The van der Waals surface area contributed by atoms with Crippen molar-refractivity contribution in [3.8, 4) is 0 Å². The van der Waals surface area contributed by atoms with Crippen molar-refractivity contribution >= 4 is 55.5 Å². The van der Waals surface area contributed by atoms with E-state index in [-0.39, 0.29) is 10.8 Å². The highest BCUT2D eigenvalue weighted by molar-refractivity contribution is 7.93. The standard InChI is InChI=1S/C23H20ClN5O4S2/c24-19-13-26-22(34-19)23(31)8-10-29(11-9-23)21(30)15-4-6-17(7-5-15)28-35(32,33)18-3-1-2-16-12-25-14-27-20(16)18/h1-7,12-14,28,31H,8-11H2. The molecule has 9 nitrogen and oxygen atoms in total. The first-order valence-electron chi connectivity index (χ1n) is 10.7. The van der Waals surface area contributed by atoms with Crippen LogP contribution in [-0.4, -0.2) is 52.4 Å². The minimum absolute atomic E-state index is 0.0416. The number of sulfonamides is 1. The molecule has 2 aromatic heterocycles. The van der Waals surface area contributed by atoms with E-state index >= 15 is 0 Å². The molecular weight excluding hydrogens is 510 g/mol. The Morgan fingerprint density at radius 3 is 2.51 bits per heavy atom. The monoisotopic (exact) mass is 529 g/mol. The van der Waals surface area contributed by atoms with Crippen LogP contribution in [-0.2, 0) is 15.6 Å². The SMILES string of the molecule is O=C(c1ccc(NS(=O)(=O)c2cccc3cncnc23)cc1)N1CCC(O)(c2ncc(Cl)s2)CC1. The van der Waals surface area contributed by atoms with Crippen LogP contribution in [0.2, 0.25) is 4.34 Å². The number of hydrogen-bond donors (Lipinski definition) is 2. The molecule has 5 rings (SSSR count). The maximum atomic E-state index is 13.0. The molecule has 0 unspecified atom stereocenters. The number of rotatable bonds is 5. The van der Waals surface area contributed by atoms with Crippen LogP contribution in [0.25, 0.3) is 10.9 Å². The number of nitrogens with one attached hydrogen (secondary N) is 1. The van der Waals surface area contributed by atoms with Gasteiger partial charge in [-0.3, -0.25) is 9.52 Å². The largest absolute Gasteiger partial charge is 0.383 e. The van der Waals surface area contributed by atoms with Crippen molar-refractivity contribution in [2.45, 2.75) is 23.3 Å². The van der Waals surface area contributed by atoms with Crippen LogP contribution in [0.3, 0.4) is 0 Å². The van der Waals surface area contributed by atoms with Crippen LogP contribution >= 0.6 is 22.9 Å². The molecule has 0 atom stereocenters. The number of likely N-dealkylation sites (tertiary alicyclic amines) is 1. The van der Waals surface area contributed by atoms with Gasteiger partial charge in [-0.15, -0.1) is 11.3 Å². The molecule has 3 heterocycles. The summed E-state index contributed by atoms with van der Waals surface area (Å²) in [6.45, 7) is 0.730. The summed E-state index contributed by atoms with van der Waals surface area (Å²) in [6, 6.07) is 11.1. The quantitative estimate of drug-likeness (QED) is 0.404. The zero-order chi connectivity index (χ0) is 24.6. The lowest BCUT2D eigenvalue weighted by atomic mass is 9.92. The third-order valence-electron chi connectivity index (χ3n) is 5.92. The fourth-order valence-electron chi connectivity index (χ4n) is 4.04. The van der Waals surface area contributed by atoms with Gasteiger partial charge in [0, 0.05) is 48.8 Å². The molecule has 2 aromatic carbocycles. The summed E-state index contributed by atoms with van der Waals surface area (Å²) in [5, 5.41) is 12.1. The van der Waals surface area contributed by atoms with Gasteiger partial charge in [0.15, 0.2) is 0 Å². The van der Waals surface area contributed by atoms with Gasteiger partial charge in [-0.2, -0.15) is 0 Å². The lowest BCUT2D eigenvalue weighted by molar-refractivity contribution is -0.0212. The van der Waals surface area contributed by atoms with E-state index in [4.69, 9.17) is 11.6 Å². The number of aromatic nitrogens is 3. The third kappa shape index (κ3) is 4.72. The summed E-state index contributed by atoms with van der Waals surface area (Å²) >= 11 is 7.19. The number of halogens is 1. The Bertz CT molecular complexity index is 1490. The Morgan fingerprint density at radius 2 is 1.83 bits per heavy atom. The number of hydrogen-bond acceptors (Lipinski definition) is 8. The molecule has 1 fully saturated rings. The number of benzene rings is 2. The maximum absolute atomic E-state index is 13.0. The van der Waals surface area contributed by atoms with Crippen molar-refractivity contribution in [1.82, 2.24) is 19.9 Å². The zero-order valence-corrected chi connectivity index (χ0v) is 20.6. The molecule has 12 heteroatoms. The molecule has 180 valence electrons. The molecule has 0 aliphatic carbocycles. The predicted octanol–water partition coefficient (Wildman–Crippen LogP) is 3.66. The van der Waals surface area contributed by atoms with E-state index in [9.17, 15) is 18.3 Å². The van der Waals surface area contributed by atoms with Gasteiger partial charge in [-0.05, 0) is 30.3 Å². The van der Waals surface area contributed by atoms with E-state index in [1.807, 2.05) is 0 Å². The van der Waals surface area contributed by atoms with Crippen LogP contribution < -0.4 is 4.72 Å². The van der Waals surface area contributed by atoms with Gasteiger partial charge in [0.2, 0.25) is 0 Å². The van der Waals surface area contributed by atoms with Crippen LogP contribution in [0, 0.1) is 0 Å². The predicted molar refractivity (Wildman–Crippen MR) is 133 cm³/mol. The molecule has 2 N–H and O–H groups in total. The number of para-hydroxylation sites is 1. The van der Waals surface area contributed by atoms with Gasteiger partial charge in [0.25, 0.3) is 15.9 Å². The van der Waals surface area contributed by atoms with E-state index in [0.717, 1.165) is 0 Å². The first-order chi connectivity index (χ1) is 16.7. The topological polar surface area (TPSA) is 125 Å². The van der Waals surface area contributed by atoms with E-state index < -0.39 is 15.6 Å². The van der Waals surface area contributed by atoms with Crippen molar-refractivity contribution in [3.63, 3.8) is 0 Å². The summed E-state index contributed by atoms with van der Waals surface area (Å²) in [6.07, 6.45) is 5.08. The highest BCUT2D eigenvalue weighted by atomic mass is 35.5. The number of carbonyl (C=O) groups is 1. The molecular formula is C23H20ClN5O4S2. The minimum Gasteiger partial charge on any atom is -0.383 e. The number of anilines is 1. The molecule has 1 saturated heterocycles. The molecule has 4 aromatic rings. The van der Waals surface area contributed by atoms with Crippen molar-refractivity contribution in [2.24, 2.45) is 0 Å². The Morgan fingerprint density at radius 1 is 1.09 bits per heavy atom. The van der Waals surface area contributed by atoms with Crippen LogP contribution in [0.4, 0.5) is 5.69 Å². The summed E-state index contributed by atoms with van der Waals surface area (Å²) in [7, 11) is -3.91. The van der Waals surface area contributed by atoms with E-state index in [1.54, 1.807) is 47.5 Å². The van der Waals surface area contributed by atoms with Gasteiger partial charge in [-0.1, -0.05) is 23.7 Å². The molecule has 1 aliphatic heterocycles. The number of nitrogens with zero attached hydrogens (tertiary/aromatic N) is 4. The van der Waals surface area contributed by atoms with E-state index in [0.29, 0.717) is 57.4 Å². The number of thiazole rings is 1. The first kappa shape index (κ1) is 23.6. The van der Waals surface area contributed by atoms with Crippen molar-refractivity contribution in [3.05, 3.63) is 76.1 Å². The third-order valence-corrected chi connectivity index (χ3v) is 8.65. The maximum Gasteiger partial charge on any atom is 0.264 e. The highest BCUT2D eigenvalue weighted by Crippen LogP contribution is 2.36. The van der Waals surface area contributed by atoms with Gasteiger partial charge >= 0.3 is 0 Å². The Hall–Kier alpha value is -3.12. The molecule has 35 heavy (non-hydrogen) atoms. The summed E-state index contributed by atoms with van der Waals surface area (Å²) in [4.78, 5) is 26.9. The number of fused-ring (bicyclic) bond motifs is 1. The second-order valence-corrected chi connectivity index (χ2v) is 11.5.